The molecule has 21 heavy (non-hydrogen) atoms. The van der Waals surface area contributed by atoms with Crippen LogP contribution in [0.15, 0.2) is 18.2 Å². The van der Waals surface area contributed by atoms with Gasteiger partial charge in [0.25, 0.3) is 5.69 Å². The van der Waals surface area contributed by atoms with Crippen molar-refractivity contribution in [2.45, 2.75) is 25.7 Å². The molecule has 4 rings (SSSR count). The van der Waals surface area contributed by atoms with E-state index in [0.717, 1.165) is 13.1 Å². The topological polar surface area (TPSA) is 83.7 Å². The molecule has 2 saturated heterocycles. The largest absolute Gasteiger partial charge is 0.478 e. The standard InChI is InChI=1S/C15H18N2O4/c18-15(19)13-7-12(17(20)21)5-6-14(13)16-8-10-1-2-11(9-16)4-3-10/h5-7,10-11H,1-4,8-9H2,(H,18,19). The number of hydrogen-bond donors (Lipinski definition) is 1. The minimum atomic E-state index is -1.11. The molecule has 0 amide bonds. The molecule has 1 saturated carbocycles. The summed E-state index contributed by atoms with van der Waals surface area (Å²) in [6.07, 6.45) is 4.82. The highest BCUT2D eigenvalue weighted by Crippen LogP contribution is 2.37. The number of non-ortho nitro benzene ring substituents is 1. The van der Waals surface area contributed by atoms with E-state index in [9.17, 15) is 20.0 Å². The van der Waals surface area contributed by atoms with Crippen LogP contribution in [-0.2, 0) is 0 Å². The Morgan fingerprint density at radius 3 is 2.24 bits per heavy atom. The molecule has 0 unspecified atom stereocenters. The molecule has 0 atom stereocenters. The van der Waals surface area contributed by atoms with Crippen LogP contribution >= 0.6 is 0 Å². The molecule has 0 radical (unpaired) electrons. The molecule has 2 bridgehead atoms. The van der Waals surface area contributed by atoms with Gasteiger partial charge in [-0.3, -0.25) is 10.1 Å². The molecule has 6 heteroatoms. The number of carboxylic acid groups (broad SMARTS) is 1. The van der Waals surface area contributed by atoms with Crippen molar-refractivity contribution in [2.24, 2.45) is 11.8 Å². The molecule has 2 aliphatic heterocycles. The Hall–Kier alpha value is -2.11. The molecule has 6 nitrogen and oxygen atoms in total. The predicted octanol–water partition coefficient (Wildman–Crippen LogP) is 2.92. The first-order valence-electron chi connectivity index (χ1n) is 7.31. The number of aromatic carboxylic acids is 1. The van der Waals surface area contributed by atoms with E-state index in [2.05, 4.69) is 4.90 Å². The SMILES string of the molecule is O=C(O)c1cc([N+](=O)[O-])ccc1N1CC2CCC(CC2)C1. The van der Waals surface area contributed by atoms with Crippen molar-refractivity contribution in [3.63, 3.8) is 0 Å². The molecule has 0 spiro atoms. The Balaban J connectivity index is 1.97. The Kier molecular flexibility index (Phi) is 3.53. The van der Waals surface area contributed by atoms with E-state index >= 15 is 0 Å². The Morgan fingerprint density at radius 1 is 1.19 bits per heavy atom. The molecule has 112 valence electrons. The zero-order chi connectivity index (χ0) is 15.0. The number of rotatable bonds is 3. The number of carbonyl (C=O) groups is 1. The van der Waals surface area contributed by atoms with Crippen LogP contribution in [0.2, 0.25) is 0 Å². The number of benzene rings is 1. The number of carboxylic acids is 1. The molecule has 2 heterocycles. The highest BCUT2D eigenvalue weighted by Gasteiger charge is 2.31. The number of nitro groups is 1. The summed E-state index contributed by atoms with van der Waals surface area (Å²) in [6, 6.07) is 4.16. The van der Waals surface area contributed by atoms with Gasteiger partial charge in [-0.1, -0.05) is 0 Å². The van der Waals surface area contributed by atoms with E-state index < -0.39 is 10.9 Å². The average molecular weight is 290 g/mol. The van der Waals surface area contributed by atoms with Crippen LogP contribution in [-0.4, -0.2) is 29.1 Å². The summed E-state index contributed by atoms with van der Waals surface area (Å²) in [4.78, 5) is 23.8. The van der Waals surface area contributed by atoms with Gasteiger partial charge in [0.05, 0.1) is 16.2 Å². The van der Waals surface area contributed by atoms with Crippen molar-refractivity contribution in [3.8, 4) is 0 Å². The Labute approximate surface area is 122 Å². The third-order valence-corrected chi connectivity index (χ3v) is 4.69. The second-order valence-electron chi connectivity index (χ2n) is 6.06. The van der Waals surface area contributed by atoms with Crippen LogP contribution in [0.1, 0.15) is 36.0 Å². The quantitative estimate of drug-likeness (QED) is 0.683. The van der Waals surface area contributed by atoms with Crippen molar-refractivity contribution in [1.82, 2.24) is 0 Å². The van der Waals surface area contributed by atoms with Crippen LogP contribution in [0.5, 0.6) is 0 Å². The highest BCUT2D eigenvalue weighted by atomic mass is 16.6. The van der Waals surface area contributed by atoms with Crippen molar-refractivity contribution >= 4 is 17.3 Å². The first-order valence-corrected chi connectivity index (χ1v) is 7.31. The normalized spacial score (nSPS) is 24.7. The van der Waals surface area contributed by atoms with Crippen LogP contribution in [0.4, 0.5) is 11.4 Å². The summed E-state index contributed by atoms with van der Waals surface area (Å²) >= 11 is 0. The zero-order valence-corrected chi connectivity index (χ0v) is 11.7. The molecule has 1 aromatic carbocycles. The lowest BCUT2D eigenvalue weighted by Gasteiger charge is -2.26. The number of nitrogens with zero attached hydrogens (tertiary/aromatic N) is 2. The lowest BCUT2D eigenvalue weighted by atomic mass is 9.84. The van der Waals surface area contributed by atoms with Crippen LogP contribution in [0, 0.1) is 22.0 Å². The summed E-state index contributed by atoms with van der Waals surface area (Å²) in [5, 5.41) is 20.2. The van der Waals surface area contributed by atoms with Gasteiger partial charge in [-0.05, 0) is 43.6 Å². The number of nitro benzene ring substituents is 1. The van der Waals surface area contributed by atoms with E-state index in [1.807, 2.05) is 0 Å². The van der Waals surface area contributed by atoms with E-state index in [1.165, 1.54) is 37.8 Å². The summed E-state index contributed by atoms with van der Waals surface area (Å²) in [6.45, 7) is 1.71. The fourth-order valence-electron chi connectivity index (χ4n) is 3.58. The van der Waals surface area contributed by atoms with Gasteiger partial charge < -0.3 is 10.0 Å². The van der Waals surface area contributed by atoms with Gasteiger partial charge in [-0.25, -0.2) is 4.79 Å². The fraction of sp³-hybridized carbons (Fsp3) is 0.533. The molecule has 3 fully saturated rings. The highest BCUT2D eigenvalue weighted by molar-refractivity contribution is 5.95. The second-order valence-corrected chi connectivity index (χ2v) is 6.06. The van der Waals surface area contributed by atoms with Gasteiger partial charge in [-0.15, -0.1) is 0 Å². The van der Waals surface area contributed by atoms with Crippen molar-refractivity contribution < 1.29 is 14.8 Å². The second kappa shape index (κ2) is 5.35. The van der Waals surface area contributed by atoms with Gasteiger partial charge in [0.15, 0.2) is 0 Å². The summed E-state index contributed by atoms with van der Waals surface area (Å²) in [5.74, 6) is 0.117. The predicted molar refractivity (Wildman–Crippen MR) is 77.7 cm³/mol. The maximum absolute atomic E-state index is 11.5. The maximum Gasteiger partial charge on any atom is 0.338 e. The minimum absolute atomic E-state index is 0.0329. The summed E-state index contributed by atoms with van der Waals surface area (Å²) in [7, 11) is 0. The molecular formula is C15H18N2O4. The van der Waals surface area contributed by atoms with E-state index in [4.69, 9.17) is 0 Å². The van der Waals surface area contributed by atoms with Crippen molar-refractivity contribution in [1.29, 1.82) is 0 Å². The number of hydrogen-bond acceptors (Lipinski definition) is 4. The van der Waals surface area contributed by atoms with Gasteiger partial charge in [0.1, 0.15) is 0 Å². The lowest BCUT2D eigenvalue weighted by molar-refractivity contribution is -0.384. The monoisotopic (exact) mass is 290 g/mol. The van der Waals surface area contributed by atoms with Crippen LogP contribution in [0.25, 0.3) is 0 Å². The molecule has 3 aliphatic rings. The fourth-order valence-corrected chi connectivity index (χ4v) is 3.58. The molecule has 1 aliphatic carbocycles. The molecule has 0 aromatic heterocycles. The Bertz CT molecular complexity index is 565. The maximum atomic E-state index is 11.5. The molecule has 1 aromatic rings. The van der Waals surface area contributed by atoms with Gasteiger partial charge >= 0.3 is 5.97 Å². The summed E-state index contributed by atoms with van der Waals surface area (Å²) in [5.41, 5.74) is 0.478. The first kappa shape index (κ1) is 13.9. The smallest absolute Gasteiger partial charge is 0.338 e. The van der Waals surface area contributed by atoms with Gasteiger partial charge in [0, 0.05) is 25.2 Å². The van der Waals surface area contributed by atoms with Crippen molar-refractivity contribution in [2.75, 3.05) is 18.0 Å². The third-order valence-electron chi connectivity index (χ3n) is 4.69. The number of anilines is 1. The third kappa shape index (κ3) is 2.70. The minimum Gasteiger partial charge on any atom is -0.478 e. The lowest BCUT2D eigenvalue weighted by Crippen LogP contribution is -2.29. The van der Waals surface area contributed by atoms with E-state index in [0.29, 0.717) is 17.5 Å². The number of fused-ring (bicyclic) bond motifs is 4. The molecule has 1 N–H and O–H groups in total. The zero-order valence-electron chi connectivity index (χ0n) is 11.7. The average Bonchev–Trinajstić information content (AvgIpc) is 2.79. The van der Waals surface area contributed by atoms with E-state index in [-0.39, 0.29) is 11.3 Å². The Morgan fingerprint density at radius 2 is 1.76 bits per heavy atom. The van der Waals surface area contributed by atoms with Gasteiger partial charge in [-0.2, -0.15) is 0 Å². The van der Waals surface area contributed by atoms with Crippen LogP contribution in [0.3, 0.4) is 0 Å². The van der Waals surface area contributed by atoms with Crippen LogP contribution < -0.4 is 4.90 Å². The van der Waals surface area contributed by atoms with Gasteiger partial charge in [0.2, 0.25) is 0 Å². The van der Waals surface area contributed by atoms with Crippen molar-refractivity contribution in [3.05, 3.63) is 33.9 Å². The molecular weight excluding hydrogens is 272 g/mol. The summed E-state index contributed by atoms with van der Waals surface area (Å²) < 4.78 is 0. The first-order chi connectivity index (χ1) is 10.0. The van der Waals surface area contributed by atoms with E-state index in [1.54, 1.807) is 6.07 Å².